The number of hydrogen-bond acceptors (Lipinski definition) is 6. The molecule has 0 aromatic carbocycles. The number of aromatic nitrogens is 2. The second kappa shape index (κ2) is 6.80. The zero-order valence-electron chi connectivity index (χ0n) is 15.7. The van der Waals surface area contributed by atoms with Gasteiger partial charge in [0.05, 0.1) is 11.7 Å². The zero-order valence-corrected chi connectivity index (χ0v) is 16.5. The summed E-state index contributed by atoms with van der Waals surface area (Å²) in [5.41, 5.74) is -0.365. The van der Waals surface area contributed by atoms with Gasteiger partial charge in [-0.2, -0.15) is 4.98 Å². The molecular weight excluding hydrogens is 358 g/mol. The van der Waals surface area contributed by atoms with Gasteiger partial charge in [-0.25, -0.2) is 17.5 Å². The molecule has 0 aliphatic carbocycles. The van der Waals surface area contributed by atoms with E-state index >= 15 is 0 Å². The zero-order chi connectivity index (χ0) is 19.1. The van der Waals surface area contributed by atoms with Crippen LogP contribution in [-0.4, -0.2) is 72.3 Å². The first-order valence-corrected chi connectivity index (χ1v) is 10.6. The summed E-state index contributed by atoms with van der Waals surface area (Å²) >= 11 is 0. The van der Waals surface area contributed by atoms with Crippen LogP contribution in [0.1, 0.15) is 38.4 Å². The van der Waals surface area contributed by atoms with Crippen molar-refractivity contribution in [1.82, 2.24) is 24.7 Å². The Hall–Kier alpha value is -1.68. The van der Waals surface area contributed by atoms with Gasteiger partial charge < -0.3 is 14.7 Å². The molecule has 1 unspecified atom stereocenters. The molecule has 1 spiro atoms. The van der Waals surface area contributed by atoms with Gasteiger partial charge in [0.25, 0.3) is 0 Å². The van der Waals surface area contributed by atoms with E-state index in [4.69, 9.17) is 4.52 Å². The number of carbonyl (C=O) groups is 1. The van der Waals surface area contributed by atoms with Crippen LogP contribution < -0.4 is 5.32 Å². The van der Waals surface area contributed by atoms with Crippen molar-refractivity contribution in [3.63, 3.8) is 0 Å². The first kappa shape index (κ1) is 19.1. The van der Waals surface area contributed by atoms with Gasteiger partial charge in [-0.15, -0.1) is 0 Å². The van der Waals surface area contributed by atoms with Gasteiger partial charge in [0.1, 0.15) is 0 Å². The predicted octanol–water partition coefficient (Wildman–Crippen LogP) is 0.795. The Kier molecular flexibility index (Phi) is 5.00. The predicted molar refractivity (Wildman–Crippen MR) is 95.1 cm³/mol. The lowest BCUT2D eigenvalue weighted by atomic mass is 9.71. The quantitative estimate of drug-likeness (QED) is 0.803. The molecule has 9 nitrogen and oxygen atoms in total. The van der Waals surface area contributed by atoms with Gasteiger partial charge in [0.2, 0.25) is 15.9 Å². The minimum atomic E-state index is -3.31. The Morgan fingerprint density at radius 3 is 2.62 bits per heavy atom. The maximum Gasteiger partial charge on any atom is 0.317 e. The van der Waals surface area contributed by atoms with Crippen molar-refractivity contribution in [2.45, 2.75) is 33.6 Å². The highest BCUT2D eigenvalue weighted by Crippen LogP contribution is 2.49. The van der Waals surface area contributed by atoms with E-state index in [1.165, 1.54) is 4.31 Å². The highest BCUT2D eigenvalue weighted by molar-refractivity contribution is 7.89. The van der Waals surface area contributed by atoms with E-state index in [2.05, 4.69) is 15.5 Å². The molecule has 2 amide bonds. The maximum atomic E-state index is 12.4. The highest BCUT2D eigenvalue weighted by atomic mass is 32.2. The lowest BCUT2D eigenvalue weighted by Gasteiger charge is -2.49. The van der Waals surface area contributed by atoms with Crippen molar-refractivity contribution in [3.05, 3.63) is 11.7 Å². The van der Waals surface area contributed by atoms with Crippen LogP contribution in [0.3, 0.4) is 0 Å². The van der Waals surface area contributed by atoms with E-state index in [0.717, 1.165) is 0 Å². The van der Waals surface area contributed by atoms with E-state index in [9.17, 15) is 13.2 Å². The van der Waals surface area contributed by atoms with Crippen molar-refractivity contribution < 1.29 is 17.7 Å². The van der Waals surface area contributed by atoms with Crippen LogP contribution >= 0.6 is 0 Å². The minimum absolute atomic E-state index is 0.0528. The second-order valence-corrected chi connectivity index (χ2v) is 9.98. The van der Waals surface area contributed by atoms with Gasteiger partial charge in [-0.3, -0.25) is 0 Å². The monoisotopic (exact) mass is 385 g/mol. The molecule has 1 atom stereocenters. The molecule has 0 saturated carbocycles. The fourth-order valence-corrected chi connectivity index (χ4v) is 4.89. The van der Waals surface area contributed by atoms with Crippen molar-refractivity contribution in [3.8, 4) is 0 Å². The summed E-state index contributed by atoms with van der Waals surface area (Å²) in [5, 5.41) is 6.75. The second-order valence-electron chi connectivity index (χ2n) is 7.72. The molecule has 2 aliphatic heterocycles. The largest absolute Gasteiger partial charge is 0.339 e. The van der Waals surface area contributed by atoms with Gasteiger partial charge in [-0.1, -0.05) is 19.0 Å². The molecule has 1 aromatic heterocycles. The third kappa shape index (κ3) is 3.44. The molecule has 2 fully saturated rings. The van der Waals surface area contributed by atoms with E-state index in [-0.39, 0.29) is 23.1 Å². The van der Waals surface area contributed by atoms with Crippen LogP contribution in [0.2, 0.25) is 0 Å². The van der Waals surface area contributed by atoms with E-state index in [1.807, 2.05) is 13.8 Å². The number of likely N-dealkylation sites (tertiary alicyclic amines) is 1. The molecule has 2 saturated heterocycles. The first-order valence-electron chi connectivity index (χ1n) is 8.97. The molecule has 26 heavy (non-hydrogen) atoms. The van der Waals surface area contributed by atoms with Crippen LogP contribution in [0.5, 0.6) is 0 Å². The Morgan fingerprint density at radius 2 is 2.08 bits per heavy atom. The summed E-state index contributed by atoms with van der Waals surface area (Å²) in [6.07, 6.45) is 0. The number of nitrogens with zero attached hydrogens (tertiary/aromatic N) is 4. The SMILES string of the molecule is CCS(=O)(=O)N1CC(c2nc(C)no2)C2(CN(C(=O)NCC(C)C)C2)C1. The number of amides is 2. The standard InChI is InChI=1S/C16H27N5O4S/c1-5-26(23,24)21-7-13(14-18-12(4)19-25-14)16(10-21)8-20(9-16)15(22)17-6-11(2)3/h11,13H,5-10H2,1-4H3,(H,17,22). The number of aryl methyl sites for hydroxylation is 1. The van der Waals surface area contributed by atoms with E-state index in [1.54, 1.807) is 18.7 Å². The number of carbonyl (C=O) groups excluding carboxylic acids is 1. The molecule has 1 aromatic rings. The fourth-order valence-electron chi connectivity index (χ4n) is 3.69. The third-order valence-corrected chi connectivity index (χ3v) is 6.97. The Labute approximate surface area is 154 Å². The van der Waals surface area contributed by atoms with Gasteiger partial charge in [-0.05, 0) is 19.8 Å². The number of rotatable bonds is 5. The summed E-state index contributed by atoms with van der Waals surface area (Å²) in [6.45, 7) is 9.73. The van der Waals surface area contributed by atoms with Gasteiger partial charge in [0.15, 0.2) is 5.82 Å². The summed E-state index contributed by atoms with van der Waals surface area (Å²) in [4.78, 5) is 18.3. The van der Waals surface area contributed by atoms with Crippen LogP contribution in [0.15, 0.2) is 4.52 Å². The normalized spacial score (nSPS) is 22.8. The number of nitrogens with one attached hydrogen (secondary N) is 1. The van der Waals surface area contributed by atoms with Gasteiger partial charge >= 0.3 is 6.03 Å². The average molecular weight is 385 g/mol. The first-order chi connectivity index (χ1) is 12.2. The minimum Gasteiger partial charge on any atom is -0.339 e. The van der Waals surface area contributed by atoms with Crippen molar-refractivity contribution in [2.75, 3.05) is 38.5 Å². The fraction of sp³-hybridized carbons (Fsp3) is 0.812. The van der Waals surface area contributed by atoms with Crippen molar-refractivity contribution >= 4 is 16.1 Å². The molecule has 0 radical (unpaired) electrons. The maximum absolute atomic E-state index is 12.4. The Morgan fingerprint density at radius 1 is 1.38 bits per heavy atom. The van der Waals surface area contributed by atoms with Crippen LogP contribution in [-0.2, 0) is 10.0 Å². The van der Waals surface area contributed by atoms with Gasteiger partial charge in [0, 0.05) is 38.1 Å². The molecule has 146 valence electrons. The lowest BCUT2D eigenvalue weighted by Crippen LogP contribution is -2.63. The van der Waals surface area contributed by atoms with E-state index < -0.39 is 10.0 Å². The summed E-state index contributed by atoms with van der Waals surface area (Å²) in [5.74, 6) is 1.22. The number of hydrogen-bond donors (Lipinski definition) is 1. The smallest absolute Gasteiger partial charge is 0.317 e. The van der Waals surface area contributed by atoms with E-state index in [0.29, 0.717) is 50.4 Å². The van der Waals surface area contributed by atoms with Crippen LogP contribution in [0.4, 0.5) is 4.79 Å². The topological polar surface area (TPSA) is 109 Å². The lowest BCUT2D eigenvalue weighted by molar-refractivity contribution is 0.0239. The average Bonchev–Trinajstić information content (AvgIpc) is 3.15. The number of sulfonamides is 1. The van der Waals surface area contributed by atoms with Crippen molar-refractivity contribution in [2.24, 2.45) is 11.3 Å². The summed E-state index contributed by atoms with van der Waals surface area (Å²) in [6, 6.07) is -0.110. The molecule has 10 heteroatoms. The summed E-state index contributed by atoms with van der Waals surface area (Å²) < 4.78 is 31.6. The Bertz CT molecular complexity index is 769. The summed E-state index contributed by atoms with van der Waals surface area (Å²) in [7, 11) is -3.31. The molecule has 0 bridgehead atoms. The van der Waals surface area contributed by atoms with Crippen LogP contribution in [0, 0.1) is 18.3 Å². The molecule has 2 aliphatic rings. The third-order valence-electron chi connectivity index (χ3n) is 5.18. The molecule has 3 heterocycles. The number of urea groups is 1. The highest BCUT2D eigenvalue weighted by Gasteiger charge is 2.59. The molecule has 3 rings (SSSR count). The molecule has 1 N–H and O–H groups in total. The van der Waals surface area contributed by atoms with Crippen molar-refractivity contribution in [1.29, 1.82) is 0 Å². The van der Waals surface area contributed by atoms with Crippen LogP contribution in [0.25, 0.3) is 0 Å². The molecular formula is C16H27N5O4S. The Balaban J connectivity index is 1.77.